The van der Waals surface area contributed by atoms with Crippen LogP contribution in [-0.4, -0.2) is 19.6 Å². The minimum atomic E-state index is -2.58. The van der Waals surface area contributed by atoms with Crippen LogP contribution in [0.25, 0.3) is 83.9 Å². The van der Waals surface area contributed by atoms with Crippen LogP contribution >= 0.6 is 0 Å². The first kappa shape index (κ1) is 47.1. The van der Waals surface area contributed by atoms with Gasteiger partial charge >= 0.3 is 0 Å². The van der Waals surface area contributed by atoms with E-state index in [1.54, 1.807) is 18.3 Å². The first-order valence-corrected chi connectivity index (χ1v) is 26.5. The van der Waals surface area contributed by atoms with Gasteiger partial charge in [-0.3, -0.25) is 9.55 Å². The van der Waals surface area contributed by atoms with Gasteiger partial charge in [-0.25, -0.2) is 4.98 Å². The van der Waals surface area contributed by atoms with Crippen molar-refractivity contribution < 1.29 is 34.4 Å². The molecular formula is C70H76N3OPt-. The average Bonchev–Trinajstić information content (AvgIpc) is 4.12. The fraction of sp³-hybridized carbons (Fsp3) is 0.314. The molecule has 2 aromatic heterocycles. The van der Waals surface area contributed by atoms with E-state index in [4.69, 9.17) is 14.1 Å². The summed E-state index contributed by atoms with van der Waals surface area (Å²) in [6.07, 6.45) is 5.43. The van der Waals surface area contributed by atoms with Gasteiger partial charge in [-0.1, -0.05) is 208 Å². The number of rotatable bonds is 13. The predicted octanol–water partition coefficient (Wildman–Crippen LogP) is 19.3. The maximum atomic E-state index is 12.8. The van der Waals surface area contributed by atoms with Crippen molar-refractivity contribution in [3.63, 3.8) is 0 Å². The van der Waals surface area contributed by atoms with E-state index in [1.165, 1.54) is 11.1 Å². The van der Waals surface area contributed by atoms with Crippen LogP contribution in [0.15, 0.2) is 152 Å². The summed E-state index contributed by atoms with van der Waals surface area (Å²) in [5, 5.41) is 12.8. The van der Waals surface area contributed by atoms with Gasteiger partial charge in [0.25, 0.3) is 0 Å². The second-order valence-corrected chi connectivity index (χ2v) is 22.9. The van der Waals surface area contributed by atoms with Crippen LogP contribution in [0.1, 0.15) is 150 Å². The Labute approximate surface area is 471 Å². The van der Waals surface area contributed by atoms with Gasteiger partial charge < -0.3 is 5.11 Å². The van der Waals surface area contributed by atoms with Crippen LogP contribution in [0.5, 0.6) is 5.75 Å². The van der Waals surface area contributed by atoms with E-state index in [2.05, 4.69) is 144 Å². The molecule has 0 saturated carbocycles. The Morgan fingerprint density at radius 2 is 1.17 bits per heavy atom. The summed E-state index contributed by atoms with van der Waals surface area (Å²) in [6.45, 7) is 21.6. The normalized spacial score (nSPS) is 13.8. The zero-order chi connectivity index (χ0) is 57.9. The van der Waals surface area contributed by atoms with Crippen molar-refractivity contribution in [1.82, 2.24) is 14.5 Å². The first-order chi connectivity index (χ1) is 37.6. The fourth-order valence-electron chi connectivity index (χ4n) is 10.6. The Bertz CT molecular complexity index is 3700. The number of phenols is 1. The first-order valence-electron chi connectivity index (χ1n) is 29.5. The summed E-state index contributed by atoms with van der Waals surface area (Å²) in [4.78, 5) is 10.5. The van der Waals surface area contributed by atoms with E-state index in [0.717, 1.165) is 86.9 Å². The molecule has 0 amide bonds. The molecule has 0 radical (unpaired) electrons. The number of para-hydroxylation sites is 1. The molecule has 0 spiro atoms. The standard InChI is InChI=1S/C70H76N3O.Pt/c1-15-69(13,16-2)57-27-23-28-58(70(14,17-3)18-4)63(57)50-34-35-61(46(6)38-50)73-62-29-22-26-55(64(62)72-66(73)56-43-54(67(7,8)9)44-59(65(56)74)68(10,11)12)52-39-51(47-24-20-19-21-25-47)40-53(41-52)60-42-49(36-37-71-60)48-32-30-45(5)31-33-48;/h19-40,42-44,74H,15-18H2,1-14H3;/q-1;/i5D3,6D3;. The zero-order valence-corrected chi connectivity index (χ0v) is 48.1. The van der Waals surface area contributed by atoms with E-state index in [-0.39, 0.29) is 54.2 Å². The summed E-state index contributed by atoms with van der Waals surface area (Å²) >= 11 is 0. The van der Waals surface area contributed by atoms with Gasteiger partial charge in [0.2, 0.25) is 0 Å². The minimum Gasteiger partial charge on any atom is -0.507 e. The van der Waals surface area contributed by atoms with Crippen LogP contribution in [0.3, 0.4) is 0 Å². The number of pyridine rings is 1. The molecule has 0 aliphatic heterocycles. The molecule has 0 atom stereocenters. The smallest absolute Gasteiger partial charge is 0.148 e. The van der Waals surface area contributed by atoms with E-state index >= 15 is 0 Å². The molecule has 7 aromatic carbocycles. The molecule has 75 heavy (non-hydrogen) atoms. The fourth-order valence-corrected chi connectivity index (χ4v) is 10.6. The Hall–Kier alpha value is -6.35. The van der Waals surface area contributed by atoms with Gasteiger partial charge in [0.15, 0.2) is 0 Å². The Balaban J connectivity index is 0.00000860. The van der Waals surface area contributed by atoms with Crippen LogP contribution in [-0.2, 0) is 42.7 Å². The molecule has 0 fully saturated rings. The van der Waals surface area contributed by atoms with Gasteiger partial charge in [0.05, 0.1) is 22.3 Å². The van der Waals surface area contributed by atoms with Crippen LogP contribution < -0.4 is 0 Å². The van der Waals surface area contributed by atoms with E-state index in [1.807, 2.05) is 83.4 Å². The minimum absolute atomic E-state index is 0. The van der Waals surface area contributed by atoms with Crippen molar-refractivity contribution in [2.24, 2.45) is 0 Å². The Kier molecular flexibility index (Phi) is 13.4. The molecule has 5 heteroatoms. The third kappa shape index (κ3) is 10.5. The number of nitrogens with zero attached hydrogens (tertiary/aromatic N) is 3. The molecule has 0 bridgehead atoms. The maximum Gasteiger partial charge on any atom is 0.148 e. The second-order valence-electron chi connectivity index (χ2n) is 22.9. The molecule has 0 aliphatic carbocycles. The third-order valence-electron chi connectivity index (χ3n) is 16.2. The Morgan fingerprint density at radius 3 is 1.79 bits per heavy atom. The number of imidazole rings is 1. The van der Waals surface area contributed by atoms with Crippen molar-refractivity contribution in [3.05, 3.63) is 191 Å². The van der Waals surface area contributed by atoms with Crippen LogP contribution in [0.4, 0.5) is 0 Å². The van der Waals surface area contributed by atoms with Gasteiger partial charge in [0, 0.05) is 46.7 Å². The van der Waals surface area contributed by atoms with Crippen molar-refractivity contribution in [1.29, 1.82) is 0 Å². The molecular weight excluding hydrogens is 1090 g/mol. The van der Waals surface area contributed by atoms with Crippen molar-refractivity contribution in [2.45, 2.75) is 144 Å². The third-order valence-corrected chi connectivity index (χ3v) is 16.2. The van der Waals surface area contributed by atoms with Gasteiger partial charge in [-0.2, -0.15) is 0 Å². The van der Waals surface area contributed by atoms with E-state index in [0.29, 0.717) is 33.8 Å². The van der Waals surface area contributed by atoms with Gasteiger partial charge in [-0.15, -0.1) is 23.8 Å². The van der Waals surface area contributed by atoms with Crippen molar-refractivity contribution in [2.75, 3.05) is 0 Å². The summed E-state index contributed by atoms with van der Waals surface area (Å²) in [5.41, 5.74) is 14.2. The summed E-state index contributed by atoms with van der Waals surface area (Å²) < 4.78 is 54.0. The van der Waals surface area contributed by atoms with E-state index < -0.39 is 19.1 Å². The monoisotopic (exact) mass is 1180 g/mol. The number of aryl methyl sites for hydroxylation is 2. The number of hydrogen-bond donors (Lipinski definition) is 1. The van der Waals surface area contributed by atoms with Crippen LogP contribution in [0.2, 0.25) is 0 Å². The molecule has 0 aliphatic rings. The summed E-state index contributed by atoms with van der Waals surface area (Å²) in [6, 6.07) is 51.7. The molecule has 0 saturated heterocycles. The number of fused-ring (bicyclic) bond motifs is 1. The number of aromatic hydroxyl groups is 1. The Morgan fingerprint density at radius 1 is 0.547 bits per heavy atom. The maximum absolute atomic E-state index is 12.8. The van der Waals surface area contributed by atoms with E-state index in [9.17, 15) is 9.22 Å². The molecule has 2 heterocycles. The summed E-state index contributed by atoms with van der Waals surface area (Å²) in [7, 11) is 0. The quantitative estimate of drug-likeness (QED) is 0.117. The predicted molar refractivity (Wildman–Crippen MR) is 315 cm³/mol. The topological polar surface area (TPSA) is 50.9 Å². The van der Waals surface area contributed by atoms with Crippen molar-refractivity contribution >= 4 is 11.0 Å². The van der Waals surface area contributed by atoms with Crippen LogP contribution in [0, 0.1) is 19.8 Å². The zero-order valence-electron chi connectivity index (χ0n) is 51.9. The molecule has 1 N–H and O–H groups in total. The summed E-state index contributed by atoms with van der Waals surface area (Å²) in [5.74, 6) is 0.498. The molecule has 4 nitrogen and oxygen atoms in total. The molecule has 9 rings (SSSR count). The largest absolute Gasteiger partial charge is 0.507 e. The van der Waals surface area contributed by atoms with Gasteiger partial charge in [-0.05, 0) is 141 Å². The molecule has 0 unspecified atom stereocenters. The molecule has 388 valence electrons. The average molecular weight is 1180 g/mol. The number of phenolic OH excluding ortho intramolecular Hbond substituents is 1. The van der Waals surface area contributed by atoms with Gasteiger partial charge in [0.1, 0.15) is 11.6 Å². The number of aromatic nitrogens is 3. The number of hydrogen-bond acceptors (Lipinski definition) is 3. The number of benzene rings is 7. The second kappa shape index (κ2) is 21.3. The SMILES string of the molecule is [2H]C([2H])([2H])c1ccc(-c2ccnc(-c3[c-]c(-c4cccc5c4nc(-c4cc(C(C)(C)C)cc(C(C)(C)C)c4O)n5-c4ccc(-c5c(C(C)(CC)CC)cccc5C(C)(CC)CC)cc4C([2H])([2H])[2H])cc(-c4ccccc4)c3)c2)cc1.[Pt]. The van der Waals surface area contributed by atoms with Crippen molar-refractivity contribution in [3.8, 4) is 78.6 Å². The molecule has 9 aromatic rings.